The third-order valence-electron chi connectivity index (χ3n) is 4.72. The number of nitrogens with zero attached hydrogens (tertiary/aromatic N) is 3. The van der Waals surface area contributed by atoms with Gasteiger partial charge in [-0.05, 0) is 49.8 Å². The van der Waals surface area contributed by atoms with Crippen molar-refractivity contribution in [3.05, 3.63) is 58.6 Å². The first kappa shape index (κ1) is 19.8. The van der Waals surface area contributed by atoms with Gasteiger partial charge in [-0.15, -0.1) is 0 Å². The minimum absolute atomic E-state index is 0.00888. The van der Waals surface area contributed by atoms with Gasteiger partial charge in [0.05, 0.1) is 10.2 Å². The maximum Gasteiger partial charge on any atom is 0.260 e. The number of hydrogen-bond donors (Lipinski definition) is 0. The fraction of sp³-hybridized carbons (Fsp3) is 0.333. The van der Waals surface area contributed by atoms with E-state index in [-0.39, 0.29) is 5.91 Å². The van der Waals surface area contributed by atoms with Crippen molar-refractivity contribution < 1.29 is 4.79 Å². The molecule has 0 bridgehead atoms. The summed E-state index contributed by atoms with van der Waals surface area (Å²) < 4.78 is 0.989. The maximum atomic E-state index is 13.3. The van der Waals surface area contributed by atoms with E-state index in [4.69, 9.17) is 16.6 Å². The minimum Gasteiger partial charge on any atom is -0.302 e. The van der Waals surface area contributed by atoms with Gasteiger partial charge in [0, 0.05) is 23.7 Å². The first-order valence-electron chi connectivity index (χ1n) is 9.19. The average molecular weight is 402 g/mol. The summed E-state index contributed by atoms with van der Waals surface area (Å²) in [6, 6.07) is 13.3. The number of benzene rings is 2. The highest BCUT2D eigenvalue weighted by atomic mass is 35.5. The molecule has 4 nitrogen and oxygen atoms in total. The number of fused-ring (bicyclic) bond motifs is 1. The van der Waals surface area contributed by atoms with E-state index in [0.29, 0.717) is 22.3 Å². The quantitative estimate of drug-likeness (QED) is 0.542. The normalized spacial score (nSPS) is 11.3. The molecule has 0 spiro atoms. The van der Waals surface area contributed by atoms with Crippen LogP contribution in [0.1, 0.15) is 29.8 Å². The average Bonchev–Trinajstić information content (AvgIpc) is 3.08. The molecule has 0 aliphatic carbocycles. The molecular formula is C21H24ClN3OS. The van der Waals surface area contributed by atoms with Crippen LogP contribution in [0.5, 0.6) is 0 Å². The highest BCUT2D eigenvalue weighted by Crippen LogP contribution is 2.31. The zero-order valence-electron chi connectivity index (χ0n) is 15.9. The second-order valence-electron chi connectivity index (χ2n) is 6.41. The number of amides is 1. The van der Waals surface area contributed by atoms with Crippen molar-refractivity contribution in [2.24, 2.45) is 0 Å². The van der Waals surface area contributed by atoms with E-state index in [0.717, 1.165) is 35.4 Å². The predicted octanol–water partition coefficient (Wildman–Crippen LogP) is 5.25. The molecule has 3 rings (SSSR count). The molecule has 1 amide bonds. The van der Waals surface area contributed by atoms with Gasteiger partial charge in [0.2, 0.25) is 0 Å². The topological polar surface area (TPSA) is 36.4 Å². The Bertz CT molecular complexity index is 936. The lowest BCUT2D eigenvalue weighted by Crippen LogP contribution is -2.39. The maximum absolute atomic E-state index is 13.3. The molecule has 6 heteroatoms. The summed E-state index contributed by atoms with van der Waals surface area (Å²) >= 11 is 7.62. The minimum atomic E-state index is -0.00888. The molecule has 0 saturated heterocycles. The summed E-state index contributed by atoms with van der Waals surface area (Å²) in [5.41, 5.74) is 2.55. The number of anilines is 1. The number of carbonyl (C=O) groups is 1. The van der Waals surface area contributed by atoms with E-state index in [1.165, 1.54) is 11.3 Å². The van der Waals surface area contributed by atoms with Gasteiger partial charge in [-0.25, -0.2) is 4.98 Å². The number of aromatic nitrogens is 1. The fourth-order valence-electron chi connectivity index (χ4n) is 3.03. The lowest BCUT2D eigenvalue weighted by molar-refractivity contribution is 0.0983. The zero-order valence-corrected chi connectivity index (χ0v) is 17.5. The summed E-state index contributed by atoms with van der Waals surface area (Å²) in [6.07, 6.45) is 0. The highest BCUT2D eigenvalue weighted by molar-refractivity contribution is 7.22. The third kappa shape index (κ3) is 4.49. The fourth-order valence-corrected chi connectivity index (χ4v) is 4.29. The molecule has 27 heavy (non-hydrogen) atoms. The van der Waals surface area contributed by atoms with Crippen LogP contribution in [-0.2, 0) is 0 Å². The number of likely N-dealkylation sites (N-methyl/N-ethyl adjacent to an activating group) is 1. The second-order valence-corrected chi connectivity index (χ2v) is 7.85. The Kier molecular flexibility index (Phi) is 6.47. The molecule has 0 atom stereocenters. The van der Waals surface area contributed by atoms with Gasteiger partial charge in [-0.1, -0.05) is 55.0 Å². The second kappa shape index (κ2) is 8.83. The molecule has 0 radical (unpaired) electrons. The van der Waals surface area contributed by atoms with E-state index in [2.05, 4.69) is 18.7 Å². The molecule has 0 aliphatic heterocycles. The molecule has 3 aromatic rings. The highest BCUT2D eigenvalue weighted by Gasteiger charge is 2.23. The summed E-state index contributed by atoms with van der Waals surface area (Å²) in [7, 11) is 0. The Labute approximate surface area is 169 Å². The van der Waals surface area contributed by atoms with Crippen molar-refractivity contribution in [1.29, 1.82) is 0 Å². The number of aryl methyl sites for hydroxylation is 1. The standard InChI is InChI=1S/C21H24ClN3OS/c1-4-24(5-2)12-13-25(20(26)17-9-7-6-8-15(17)3)21-23-18-11-10-16(22)14-19(18)27-21/h6-11,14H,4-5,12-13H2,1-3H3. The molecule has 0 saturated carbocycles. The van der Waals surface area contributed by atoms with E-state index >= 15 is 0 Å². The summed E-state index contributed by atoms with van der Waals surface area (Å²) in [4.78, 5) is 22.2. The van der Waals surface area contributed by atoms with E-state index in [1.54, 1.807) is 4.90 Å². The number of carbonyl (C=O) groups excluding carboxylic acids is 1. The van der Waals surface area contributed by atoms with Gasteiger partial charge in [-0.3, -0.25) is 9.69 Å². The Hall–Kier alpha value is -1.95. The smallest absolute Gasteiger partial charge is 0.260 e. The Morgan fingerprint density at radius 1 is 1.11 bits per heavy atom. The Balaban J connectivity index is 1.97. The van der Waals surface area contributed by atoms with Crippen molar-refractivity contribution in [2.45, 2.75) is 20.8 Å². The van der Waals surface area contributed by atoms with Gasteiger partial charge in [-0.2, -0.15) is 0 Å². The zero-order chi connectivity index (χ0) is 19.4. The van der Waals surface area contributed by atoms with Crippen molar-refractivity contribution in [3.63, 3.8) is 0 Å². The summed E-state index contributed by atoms with van der Waals surface area (Å²) in [6.45, 7) is 9.56. The van der Waals surface area contributed by atoms with Crippen LogP contribution in [0, 0.1) is 6.92 Å². The van der Waals surface area contributed by atoms with Crippen molar-refractivity contribution in [2.75, 3.05) is 31.1 Å². The predicted molar refractivity (Wildman–Crippen MR) is 115 cm³/mol. The Morgan fingerprint density at radius 3 is 2.56 bits per heavy atom. The van der Waals surface area contributed by atoms with Crippen LogP contribution in [0.25, 0.3) is 10.2 Å². The van der Waals surface area contributed by atoms with Crippen LogP contribution in [0.3, 0.4) is 0 Å². The van der Waals surface area contributed by atoms with E-state index < -0.39 is 0 Å². The van der Waals surface area contributed by atoms with Gasteiger partial charge in [0.25, 0.3) is 5.91 Å². The molecule has 2 aromatic carbocycles. The van der Waals surface area contributed by atoms with Crippen LogP contribution in [0.15, 0.2) is 42.5 Å². The molecule has 1 heterocycles. The van der Waals surface area contributed by atoms with Crippen molar-refractivity contribution >= 4 is 44.2 Å². The van der Waals surface area contributed by atoms with E-state index in [9.17, 15) is 4.79 Å². The van der Waals surface area contributed by atoms with Gasteiger partial charge in [0.1, 0.15) is 0 Å². The monoisotopic (exact) mass is 401 g/mol. The molecule has 0 N–H and O–H groups in total. The largest absolute Gasteiger partial charge is 0.302 e. The van der Waals surface area contributed by atoms with Crippen LogP contribution in [-0.4, -0.2) is 42.0 Å². The summed E-state index contributed by atoms with van der Waals surface area (Å²) in [5.74, 6) is -0.00888. The molecule has 0 fully saturated rings. The van der Waals surface area contributed by atoms with Crippen molar-refractivity contribution in [3.8, 4) is 0 Å². The number of hydrogen-bond acceptors (Lipinski definition) is 4. The van der Waals surface area contributed by atoms with Crippen molar-refractivity contribution in [1.82, 2.24) is 9.88 Å². The van der Waals surface area contributed by atoms with Crippen LogP contribution < -0.4 is 4.90 Å². The van der Waals surface area contributed by atoms with E-state index in [1.807, 2.05) is 49.4 Å². The lowest BCUT2D eigenvalue weighted by atomic mass is 10.1. The SMILES string of the molecule is CCN(CC)CCN(C(=O)c1ccccc1C)c1nc2ccc(Cl)cc2s1. The van der Waals surface area contributed by atoms with Crippen LogP contribution >= 0.6 is 22.9 Å². The molecule has 1 aromatic heterocycles. The molecular weight excluding hydrogens is 378 g/mol. The number of thiazole rings is 1. The van der Waals surface area contributed by atoms with Gasteiger partial charge in [0.15, 0.2) is 5.13 Å². The lowest BCUT2D eigenvalue weighted by Gasteiger charge is -2.25. The first-order chi connectivity index (χ1) is 13.0. The first-order valence-corrected chi connectivity index (χ1v) is 10.4. The number of rotatable bonds is 7. The molecule has 142 valence electrons. The van der Waals surface area contributed by atoms with Crippen LogP contribution in [0.4, 0.5) is 5.13 Å². The van der Waals surface area contributed by atoms with Crippen LogP contribution in [0.2, 0.25) is 5.02 Å². The van der Waals surface area contributed by atoms with Gasteiger partial charge < -0.3 is 4.90 Å². The van der Waals surface area contributed by atoms with Gasteiger partial charge >= 0.3 is 0 Å². The molecule has 0 aliphatic rings. The number of halogens is 1. The summed E-state index contributed by atoms with van der Waals surface area (Å²) in [5, 5.41) is 1.39. The Morgan fingerprint density at radius 2 is 1.85 bits per heavy atom. The third-order valence-corrected chi connectivity index (χ3v) is 6.00. The molecule has 0 unspecified atom stereocenters.